The quantitative estimate of drug-likeness (QED) is 0.903. The van der Waals surface area contributed by atoms with Crippen LogP contribution in [-0.2, 0) is 16.0 Å². The highest BCUT2D eigenvalue weighted by atomic mass is 32.1. The number of ether oxygens (including phenoxy) is 1. The number of carbonyl (C=O) groups excluding carboxylic acids is 1. The zero-order valence-electron chi connectivity index (χ0n) is 13.7. The van der Waals surface area contributed by atoms with Crippen LogP contribution in [0.15, 0.2) is 24.3 Å². The number of hydrogen-bond acceptors (Lipinski definition) is 5. The molecule has 0 bridgehead atoms. The monoisotopic (exact) mass is 345 g/mol. The molecular weight excluding hydrogens is 322 g/mol. The van der Waals surface area contributed by atoms with E-state index in [9.17, 15) is 4.79 Å². The lowest BCUT2D eigenvalue weighted by Crippen LogP contribution is -2.50. The minimum Gasteiger partial charge on any atom is -0.373 e. The van der Waals surface area contributed by atoms with Crippen molar-refractivity contribution in [3.8, 4) is 0 Å². The lowest BCUT2D eigenvalue weighted by atomic mass is 10.2. The molecule has 4 rings (SSSR count). The van der Waals surface area contributed by atoms with Crippen molar-refractivity contribution < 1.29 is 9.53 Å². The molecule has 0 aliphatic carbocycles. The number of morpholine rings is 1. The Morgan fingerprint density at radius 1 is 1.42 bits per heavy atom. The van der Waals surface area contributed by atoms with E-state index in [4.69, 9.17) is 4.74 Å². The highest BCUT2D eigenvalue weighted by molar-refractivity contribution is 7.18. The standard InChI is InChI=1S/C18H23N3O2S/c22-17(7-8-18-20-15-5-1-2-6-16(15)24-18)19-10-14-11-21-9-3-4-13(21)12-23-14/h1-2,5-6,13-14H,3-4,7-12H2,(H,19,22)/t13-,14-/m0/s1. The fourth-order valence-electron chi connectivity index (χ4n) is 3.57. The van der Waals surface area contributed by atoms with E-state index in [1.165, 1.54) is 24.1 Å². The van der Waals surface area contributed by atoms with Crippen LogP contribution < -0.4 is 5.32 Å². The number of rotatable bonds is 5. The largest absolute Gasteiger partial charge is 0.373 e. The van der Waals surface area contributed by atoms with E-state index in [0.717, 1.165) is 23.7 Å². The van der Waals surface area contributed by atoms with Crippen LogP contribution in [0.5, 0.6) is 0 Å². The summed E-state index contributed by atoms with van der Waals surface area (Å²) in [6, 6.07) is 8.71. The molecule has 2 atom stereocenters. The van der Waals surface area contributed by atoms with E-state index in [-0.39, 0.29) is 12.0 Å². The normalized spacial score (nSPS) is 24.2. The van der Waals surface area contributed by atoms with E-state index in [2.05, 4.69) is 21.3 Å². The minimum atomic E-state index is 0.0846. The van der Waals surface area contributed by atoms with Crippen LogP contribution >= 0.6 is 11.3 Å². The molecule has 2 fully saturated rings. The highest BCUT2D eigenvalue weighted by Gasteiger charge is 2.32. The molecule has 6 heteroatoms. The van der Waals surface area contributed by atoms with Crippen LogP contribution in [-0.4, -0.2) is 54.2 Å². The zero-order valence-corrected chi connectivity index (χ0v) is 14.6. The summed E-state index contributed by atoms with van der Waals surface area (Å²) in [6.07, 6.45) is 3.84. The van der Waals surface area contributed by atoms with Crippen LogP contribution in [0.4, 0.5) is 0 Å². The van der Waals surface area contributed by atoms with Crippen molar-refractivity contribution >= 4 is 27.5 Å². The third-order valence-corrected chi connectivity index (χ3v) is 5.99. The third kappa shape index (κ3) is 3.61. The van der Waals surface area contributed by atoms with Gasteiger partial charge in [0.15, 0.2) is 0 Å². The van der Waals surface area contributed by atoms with Crippen molar-refractivity contribution in [3.05, 3.63) is 29.3 Å². The van der Waals surface area contributed by atoms with Crippen molar-refractivity contribution in [3.63, 3.8) is 0 Å². The molecule has 0 radical (unpaired) electrons. The Kier molecular flexibility index (Phi) is 4.78. The van der Waals surface area contributed by atoms with E-state index in [0.29, 0.717) is 25.4 Å². The zero-order chi connectivity index (χ0) is 16.4. The molecule has 2 saturated heterocycles. The summed E-state index contributed by atoms with van der Waals surface area (Å²) in [7, 11) is 0. The van der Waals surface area contributed by atoms with E-state index < -0.39 is 0 Å². The van der Waals surface area contributed by atoms with Gasteiger partial charge in [0.25, 0.3) is 0 Å². The van der Waals surface area contributed by atoms with Gasteiger partial charge in [0.2, 0.25) is 5.91 Å². The molecule has 0 saturated carbocycles. The summed E-state index contributed by atoms with van der Waals surface area (Å²) >= 11 is 1.67. The number of para-hydroxylation sites is 1. The van der Waals surface area contributed by atoms with Gasteiger partial charge in [-0.3, -0.25) is 9.69 Å². The number of nitrogens with one attached hydrogen (secondary N) is 1. The van der Waals surface area contributed by atoms with Gasteiger partial charge in [0, 0.05) is 32.0 Å². The number of hydrogen-bond donors (Lipinski definition) is 1. The number of thiazole rings is 1. The van der Waals surface area contributed by atoms with Crippen molar-refractivity contribution in [2.75, 3.05) is 26.2 Å². The van der Waals surface area contributed by atoms with Crippen LogP contribution in [0, 0.1) is 0 Å². The third-order valence-electron chi connectivity index (χ3n) is 4.89. The molecule has 2 aliphatic heterocycles. The number of aromatic nitrogens is 1. The van der Waals surface area contributed by atoms with Gasteiger partial charge in [0.1, 0.15) is 0 Å². The maximum absolute atomic E-state index is 12.1. The lowest BCUT2D eigenvalue weighted by molar-refractivity contribution is -0.122. The molecule has 1 N–H and O–H groups in total. The number of aryl methyl sites for hydroxylation is 1. The Morgan fingerprint density at radius 3 is 3.25 bits per heavy atom. The summed E-state index contributed by atoms with van der Waals surface area (Å²) in [5, 5.41) is 4.05. The molecule has 24 heavy (non-hydrogen) atoms. The fourth-order valence-corrected chi connectivity index (χ4v) is 4.54. The Morgan fingerprint density at radius 2 is 2.33 bits per heavy atom. The summed E-state index contributed by atoms with van der Waals surface area (Å²) in [4.78, 5) is 19.2. The maximum Gasteiger partial charge on any atom is 0.220 e. The smallest absolute Gasteiger partial charge is 0.220 e. The Hall–Kier alpha value is -1.50. The summed E-state index contributed by atoms with van der Waals surface area (Å²) in [6.45, 7) is 3.55. The van der Waals surface area contributed by atoms with Crippen LogP contribution in [0.2, 0.25) is 0 Å². The van der Waals surface area contributed by atoms with Gasteiger partial charge in [-0.1, -0.05) is 12.1 Å². The first-order chi connectivity index (χ1) is 11.8. The van der Waals surface area contributed by atoms with Crippen molar-refractivity contribution in [1.82, 2.24) is 15.2 Å². The molecule has 128 valence electrons. The second kappa shape index (κ2) is 7.17. The molecule has 3 heterocycles. The summed E-state index contributed by atoms with van der Waals surface area (Å²) in [5.41, 5.74) is 1.02. The van der Waals surface area contributed by atoms with Gasteiger partial charge in [-0.25, -0.2) is 4.98 Å². The maximum atomic E-state index is 12.1. The first kappa shape index (κ1) is 16.0. The number of fused-ring (bicyclic) bond motifs is 2. The van der Waals surface area contributed by atoms with Crippen LogP contribution in [0.25, 0.3) is 10.2 Å². The summed E-state index contributed by atoms with van der Waals surface area (Å²) < 4.78 is 7.06. The molecular formula is C18H23N3O2S. The average molecular weight is 345 g/mol. The highest BCUT2D eigenvalue weighted by Crippen LogP contribution is 2.23. The molecule has 2 aliphatic rings. The minimum absolute atomic E-state index is 0.0846. The Balaban J connectivity index is 1.22. The van der Waals surface area contributed by atoms with Gasteiger partial charge in [-0.05, 0) is 31.5 Å². The van der Waals surface area contributed by atoms with Gasteiger partial charge in [-0.2, -0.15) is 0 Å². The number of carbonyl (C=O) groups is 1. The van der Waals surface area contributed by atoms with Crippen molar-refractivity contribution in [1.29, 1.82) is 0 Å². The number of nitrogens with zero attached hydrogens (tertiary/aromatic N) is 2. The van der Waals surface area contributed by atoms with Crippen LogP contribution in [0.1, 0.15) is 24.3 Å². The van der Waals surface area contributed by atoms with Gasteiger partial charge >= 0.3 is 0 Å². The number of amides is 1. The molecule has 0 unspecified atom stereocenters. The molecule has 2 aromatic rings. The van der Waals surface area contributed by atoms with Crippen LogP contribution in [0.3, 0.4) is 0 Å². The second-order valence-corrected chi connectivity index (χ2v) is 7.74. The van der Waals surface area contributed by atoms with Crippen molar-refractivity contribution in [2.24, 2.45) is 0 Å². The molecule has 0 spiro atoms. The SMILES string of the molecule is O=C(CCc1nc2ccccc2s1)NC[C@H]1CN2CCC[C@H]2CO1. The second-order valence-electron chi connectivity index (χ2n) is 6.63. The van der Waals surface area contributed by atoms with Crippen molar-refractivity contribution in [2.45, 2.75) is 37.8 Å². The molecule has 5 nitrogen and oxygen atoms in total. The topological polar surface area (TPSA) is 54.5 Å². The van der Waals surface area contributed by atoms with Gasteiger partial charge in [0.05, 0.1) is 27.9 Å². The first-order valence-corrected chi connectivity index (χ1v) is 9.56. The van der Waals surface area contributed by atoms with E-state index in [1.807, 2.05) is 18.2 Å². The Labute approximate surface area is 146 Å². The Bertz CT molecular complexity index is 684. The van der Waals surface area contributed by atoms with Gasteiger partial charge in [-0.15, -0.1) is 11.3 Å². The fraction of sp³-hybridized carbons (Fsp3) is 0.556. The number of benzene rings is 1. The summed E-state index contributed by atoms with van der Waals surface area (Å²) in [5.74, 6) is 0.0846. The predicted molar refractivity (Wildman–Crippen MR) is 95.3 cm³/mol. The molecule has 1 aromatic heterocycles. The average Bonchev–Trinajstić information content (AvgIpc) is 3.23. The van der Waals surface area contributed by atoms with E-state index in [1.54, 1.807) is 11.3 Å². The molecule has 1 aromatic carbocycles. The molecule has 1 amide bonds. The predicted octanol–water partition coefficient (Wildman–Crippen LogP) is 2.21. The van der Waals surface area contributed by atoms with E-state index >= 15 is 0 Å². The first-order valence-electron chi connectivity index (χ1n) is 8.75. The lowest BCUT2D eigenvalue weighted by Gasteiger charge is -2.35. The van der Waals surface area contributed by atoms with Gasteiger partial charge < -0.3 is 10.1 Å².